The van der Waals surface area contributed by atoms with Gasteiger partial charge in [0.15, 0.2) is 0 Å². The molecular formula is C12H23N5O. The first kappa shape index (κ1) is 13.5. The molecule has 1 aromatic rings. The Bertz CT molecular complexity index is 372. The third-order valence-corrected chi connectivity index (χ3v) is 3.93. The molecule has 1 aliphatic carbocycles. The zero-order chi connectivity index (χ0) is 13.0. The summed E-state index contributed by atoms with van der Waals surface area (Å²) in [6.07, 6.45) is 7.22. The Hall–Kier alpha value is -0.980. The molecule has 0 bridgehead atoms. The lowest BCUT2D eigenvalue weighted by atomic mass is 9.90. The van der Waals surface area contributed by atoms with E-state index in [0.717, 1.165) is 31.5 Å². The van der Waals surface area contributed by atoms with Crippen LogP contribution in [0.3, 0.4) is 0 Å². The summed E-state index contributed by atoms with van der Waals surface area (Å²) in [5, 5.41) is 8.14. The largest absolute Gasteiger partial charge is 0.376 e. The van der Waals surface area contributed by atoms with Crippen molar-refractivity contribution in [3.63, 3.8) is 0 Å². The zero-order valence-corrected chi connectivity index (χ0v) is 11.2. The number of nitrogens with zero attached hydrogens (tertiary/aromatic N) is 3. The summed E-state index contributed by atoms with van der Waals surface area (Å²) < 4.78 is 7.72. The number of nitrogens with one attached hydrogen (secondary N) is 1. The van der Waals surface area contributed by atoms with Crippen LogP contribution in [-0.4, -0.2) is 27.7 Å². The first-order valence-electron chi connectivity index (χ1n) is 6.67. The summed E-state index contributed by atoms with van der Waals surface area (Å²) in [5.41, 5.74) is 3.71. The second-order valence-corrected chi connectivity index (χ2v) is 4.96. The molecule has 6 nitrogen and oxygen atoms in total. The molecule has 2 rings (SSSR count). The Kier molecular flexibility index (Phi) is 4.31. The van der Waals surface area contributed by atoms with Crippen molar-refractivity contribution in [3.8, 4) is 0 Å². The van der Waals surface area contributed by atoms with Crippen LogP contribution in [0.2, 0.25) is 0 Å². The number of hydrogen-bond donors (Lipinski definition) is 2. The molecule has 6 heteroatoms. The maximum absolute atomic E-state index is 5.80. The number of aromatic nitrogens is 3. The van der Waals surface area contributed by atoms with Gasteiger partial charge < -0.3 is 4.74 Å². The van der Waals surface area contributed by atoms with Crippen molar-refractivity contribution in [1.82, 2.24) is 20.4 Å². The molecule has 1 aliphatic rings. The van der Waals surface area contributed by atoms with Gasteiger partial charge in [-0.3, -0.25) is 5.84 Å². The zero-order valence-electron chi connectivity index (χ0n) is 11.2. The van der Waals surface area contributed by atoms with E-state index in [1.807, 2.05) is 4.68 Å². The minimum Gasteiger partial charge on any atom is -0.376 e. The molecule has 1 heterocycles. The van der Waals surface area contributed by atoms with E-state index in [-0.39, 0.29) is 11.6 Å². The van der Waals surface area contributed by atoms with Gasteiger partial charge in [0.1, 0.15) is 0 Å². The van der Waals surface area contributed by atoms with Gasteiger partial charge in [-0.1, -0.05) is 25.0 Å². The van der Waals surface area contributed by atoms with Crippen molar-refractivity contribution in [2.24, 2.45) is 5.84 Å². The smallest absolute Gasteiger partial charge is 0.0934 e. The van der Waals surface area contributed by atoms with Crippen LogP contribution < -0.4 is 11.3 Å². The average molecular weight is 253 g/mol. The highest BCUT2D eigenvalue weighted by molar-refractivity contribution is 5.11. The fourth-order valence-electron chi connectivity index (χ4n) is 2.97. The van der Waals surface area contributed by atoms with Gasteiger partial charge in [-0.15, -0.1) is 5.10 Å². The number of hydrazine groups is 1. The molecule has 0 amide bonds. The van der Waals surface area contributed by atoms with Crippen LogP contribution in [0.15, 0.2) is 6.20 Å². The molecular weight excluding hydrogens is 230 g/mol. The summed E-state index contributed by atoms with van der Waals surface area (Å²) in [5.74, 6) is 5.77. The third kappa shape index (κ3) is 2.28. The van der Waals surface area contributed by atoms with E-state index in [9.17, 15) is 0 Å². The highest BCUT2D eigenvalue weighted by Crippen LogP contribution is 2.41. The molecule has 1 fully saturated rings. The summed E-state index contributed by atoms with van der Waals surface area (Å²) >= 11 is 0. The summed E-state index contributed by atoms with van der Waals surface area (Å²) in [6, 6.07) is -0.0495. The minimum absolute atomic E-state index is 0.0495. The quantitative estimate of drug-likeness (QED) is 0.587. The Morgan fingerprint density at radius 1 is 1.56 bits per heavy atom. The van der Waals surface area contributed by atoms with E-state index < -0.39 is 0 Å². The van der Waals surface area contributed by atoms with Gasteiger partial charge in [0.2, 0.25) is 0 Å². The molecule has 0 saturated heterocycles. The lowest BCUT2D eigenvalue weighted by molar-refractivity contribution is -0.0391. The van der Waals surface area contributed by atoms with Crippen molar-refractivity contribution < 1.29 is 4.74 Å². The Labute approximate surface area is 108 Å². The molecule has 1 unspecified atom stereocenters. The van der Waals surface area contributed by atoms with Crippen molar-refractivity contribution in [2.75, 3.05) is 7.11 Å². The number of hydrogen-bond acceptors (Lipinski definition) is 5. The van der Waals surface area contributed by atoms with E-state index in [1.165, 1.54) is 12.8 Å². The van der Waals surface area contributed by atoms with Gasteiger partial charge in [0.05, 0.1) is 23.5 Å². The number of aryl methyl sites for hydroxylation is 1. The molecule has 0 aliphatic heterocycles. The van der Waals surface area contributed by atoms with Crippen LogP contribution in [0.4, 0.5) is 0 Å². The van der Waals surface area contributed by atoms with Gasteiger partial charge in [-0.2, -0.15) is 0 Å². The summed E-state index contributed by atoms with van der Waals surface area (Å²) in [6.45, 7) is 2.98. The van der Waals surface area contributed by atoms with Crippen molar-refractivity contribution in [1.29, 1.82) is 0 Å². The molecule has 3 N–H and O–H groups in total. The maximum atomic E-state index is 5.80. The van der Waals surface area contributed by atoms with Crippen LogP contribution >= 0.6 is 0 Å². The van der Waals surface area contributed by atoms with E-state index in [1.54, 1.807) is 13.3 Å². The van der Waals surface area contributed by atoms with Crippen molar-refractivity contribution in [2.45, 2.75) is 57.2 Å². The van der Waals surface area contributed by atoms with E-state index in [4.69, 9.17) is 10.6 Å². The van der Waals surface area contributed by atoms with Gasteiger partial charge in [-0.05, 0) is 19.3 Å². The number of methoxy groups -OCH3 is 1. The highest BCUT2D eigenvalue weighted by atomic mass is 16.5. The molecule has 1 atom stereocenters. The SMILES string of the molecule is CCCn1nncc1C(NN)C1(OC)CCCC1. The fourth-order valence-corrected chi connectivity index (χ4v) is 2.97. The van der Waals surface area contributed by atoms with E-state index >= 15 is 0 Å². The third-order valence-electron chi connectivity index (χ3n) is 3.93. The molecule has 18 heavy (non-hydrogen) atoms. The second kappa shape index (κ2) is 5.77. The fraction of sp³-hybridized carbons (Fsp3) is 0.833. The van der Waals surface area contributed by atoms with Gasteiger partial charge in [0.25, 0.3) is 0 Å². The summed E-state index contributed by atoms with van der Waals surface area (Å²) in [7, 11) is 1.77. The normalized spacial score (nSPS) is 20.2. The lowest BCUT2D eigenvalue weighted by Crippen LogP contribution is -2.47. The molecule has 102 valence electrons. The molecule has 1 saturated carbocycles. The molecule has 0 spiro atoms. The first-order chi connectivity index (χ1) is 8.77. The molecule has 1 aromatic heterocycles. The average Bonchev–Trinajstić information content (AvgIpc) is 3.02. The van der Waals surface area contributed by atoms with Crippen LogP contribution in [0.25, 0.3) is 0 Å². The van der Waals surface area contributed by atoms with Crippen LogP contribution in [-0.2, 0) is 11.3 Å². The predicted octanol–water partition coefficient (Wildman–Crippen LogP) is 1.15. The van der Waals surface area contributed by atoms with Crippen LogP contribution in [0.5, 0.6) is 0 Å². The highest BCUT2D eigenvalue weighted by Gasteiger charge is 2.43. The minimum atomic E-state index is -0.220. The number of rotatable bonds is 6. The van der Waals surface area contributed by atoms with Crippen molar-refractivity contribution in [3.05, 3.63) is 11.9 Å². The van der Waals surface area contributed by atoms with Gasteiger partial charge >= 0.3 is 0 Å². The Balaban J connectivity index is 2.29. The van der Waals surface area contributed by atoms with Gasteiger partial charge in [0, 0.05) is 13.7 Å². The van der Waals surface area contributed by atoms with Crippen LogP contribution in [0, 0.1) is 0 Å². The second-order valence-electron chi connectivity index (χ2n) is 4.96. The number of nitrogens with two attached hydrogens (primary N) is 1. The Morgan fingerprint density at radius 2 is 2.28 bits per heavy atom. The van der Waals surface area contributed by atoms with Gasteiger partial charge in [-0.25, -0.2) is 10.1 Å². The standard InChI is InChI=1S/C12H23N5O/c1-3-8-17-10(9-14-16-17)11(15-13)12(18-2)6-4-5-7-12/h9,11,15H,3-8,13H2,1-2H3. The lowest BCUT2D eigenvalue weighted by Gasteiger charge is -2.35. The van der Waals surface area contributed by atoms with Crippen LogP contribution in [0.1, 0.15) is 50.8 Å². The van der Waals surface area contributed by atoms with E-state index in [2.05, 4.69) is 22.7 Å². The Morgan fingerprint density at radius 3 is 2.83 bits per heavy atom. The topological polar surface area (TPSA) is 78.0 Å². The first-order valence-corrected chi connectivity index (χ1v) is 6.67. The van der Waals surface area contributed by atoms with E-state index in [0.29, 0.717) is 0 Å². The van der Waals surface area contributed by atoms with Crippen molar-refractivity contribution >= 4 is 0 Å². The maximum Gasteiger partial charge on any atom is 0.0934 e. The number of ether oxygens (including phenoxy) is 1. The molecule has 0 aromatic carbocycles. The monoisotopic (exact) mass is 253 g/mol. The predicted molar refractivity (Wildman–Crippen MR) is 68.6 cm³/mol. The molecule has 0 radical (unpaired) electrons. The summed E-state index contributed by atoms with van der Waals surface area (Å²) in [4.78, 5) is 0.